The molecule has 3 atom stereocenters. The molecular formula is C14H28OSi. The molecule has 2 heteroatoms. The van der Waals surface area contributed by atoms with Crippen LogP contribution in [0.15, 0.2) is 11.8 Å². The van der Waals surface area contributed by atoms with Gasteiger partial charge in [-0.15, -0.1) is 0 Å². The molecule has 0 saturated carbocycles. The summed E-state index contributed by atoms with van der Waals surface area (Å²) >= 11 is 0. The Kier molecular flexibility index (Phi) is 4.66. The summed E-state index contributed by atoms with van der Waals surface area (Å²) in [6.07, 6.45) is 6.17. The highest BCUT2D eigenvalue weighted by Gasteiger charge is 2.22. The summed E-state index contributed by atoms with van der Waals surface area (Å²) in [5.41, 5.74) is 0. The predicted molar refractivity (Wildman–Crippen MR) is 73.9 cm³/mol. The van der Waals surface area contributed by atoms with Crippen molar-refractivity contribution in [2.24, 2.45) is 17.8 Å². The molecule has 0 saturated heterocycles. The van der Waals surface area contributed by atoms with Crippen LogP contribution in [0.3, 0.4) is 0 Å². The summed E-state index contributed by atoms with van der Waals surface area (Å²) in [7, 11) is -1.43. The van der Waals surface area contributed by atoms with Gasteiger partial charge < -0.3 is 4.43 Å². The largest absolute Gasteiger partial charge is 0.548 e. The Balaban J connectivity index is 2.73. The molecule has 1 aliphatic rings. The Morgan fingerprint density at radius 1 is 1.06 bits per heavy atom. The van der Waals surface area contributed by atoms with E-state index in [4.69, 9.17) is 4.43 Å². The quantitative estimate of drug-likeness (QED) is 0.629. The van der Waals surface area contributed by atoms with Crippen LogP contribution in [0.2, 0.25) is 19.6 Å². The van der Waals surface area contributed by atoms with Gasteiger partial charge in [0.2, 0.25) is 8.32 Å². The third kappa shape index (κ3) is 5.20. The molecule has 0 heterocycles. The summed E-state index contributed by atoms with van der Waals surface area (Å²) in [5.74, 6) is 3.57. The molecule has 0 amide bonds. The van der Waals surface area contributed by atoms with E-state index in [1.54, 1.807) is 0 Å². The maximum atomic E-state index is 6.19. The third-order valence-electron chi connectivity index (χ3n) is 3.04. The Morgan fingerprint density at radius 3 is 2.25 bits per heavy atom. The predicted octanol–water partition coefficient (Wildman–Crippen LogP) is 4.81. The van der Waals surface area contributed by atoms with Crippen LogP contribution in [0.5, 0.6) is 0 Å². The van der Waals surface area contributed by atoms with Crippen molar-refractivity contribution in [3.05, 3.63) is 11.8 Å². The van der Waals surface area contributed by atoms with Crippen LogP contribution in [0.1, 0.15) is 40.0 Å². The molecule has 0 fully saturated rings. The molecule has 0 aromatic rings. The van der Waals surface area contributed by atoms with Crippen LogP contribution < -0.4 is 0 Å². The van der Waals surface area contributed by atoms with Gasteiger partial charge in [-0.25, -0.2) is 0 Å². The molecule has 0 aromatic heterocycles. The fraction of sp³-hybridized carbons (Fsp3) is 0.857. The van der Waals surface area contributed by atoms with Crippen molar-refractivity contribution < 1.29 is 4.43 Å². The standard InChI is InChI=1S/C14H28OSi/c1-11-7-12(2)9-14(10-13(3)8-11)15-16(4,5)6/h9,11-13H,7-8,10H2,1-6H3/b14-9+/t11-,12+,13-/m1/s1. The average Bonchev–Trinajstić information content (AvgIpc) is 1.95. The lowest BCUT2D eigenvalue weighted by Crippen LogP contribution is -2.26. The summed E-state index contributed by atoms with van der Waals surface area (Å²) in [5, 5.41) is 0. The van der Waals surface area contributed by atoms with E-state index >= 15 is 0 Å². The van der Waals surface area contributed by atoms with Gasteiger partial charge in [0, 0.05) is 6.42 Å². The Bertz CT molecular complexity index is 252. The van der Waals surface area contributed by atoms with E-state index in [1.165, 1.54) is 18.6 Å². The SMILES string of the molecule is C[C@H]1C/C(O[Si](C)(C)C)=C\[C@@H](C)C[C@@H](C)C1. The Labute approximate surface area is 102 Å². The van der Waals surface area contributed by atoms with E-state index < -0.39 is 8.32 Å². The van der Waals surface area contributed by atoms with Crippen molar-refractivity contribution in [2.45, 2.75) is 59.7 Å². The van der Waals surface area contributed by atoms with Crippen LogP contribution >= 0.6 is 0 Å². The molecule has 1 nitrogen and oxygen atoms in total. The first-order valence-electron chi connectivity index (χ1n) is 6.66. The second-order valence-electron chi connectivity index (χ2n) is 6.71. The van der Waals surface area contributed by atoms with Crippen molar-refractivity contribution in [1.29, 1.82) is 0 Å². The highest BCUT2D eigenvalue weighted by atomic mass is 28.4. The van der Waals surface area contributed by atoms with Crippen LogP contribution in [0.4, 0.5) is 0 Å². The first-order valence-corrected chi connectivity index (χ1v) is 10.1. The highest BCUT2D eigenvalue weighted by Crippen LogP contribution is 2.30. The van der Waals surface area contributed by atoms with Gasteiger partial charge in [-0.05, 0) is 56.3 Å². The van der Waals surface area contributed by atoms with Crippen molar-refractivity contribution >= 4 is 8.32 Å². The summed E-state index contributed by atoms with van der Waals surface area (Å²) in [6.45, 7) is 13.9. The number of hydrogen-bond donors (Lipinski definition) is 0. The van der Waals surface area contributed by atoms with Gasteiger partial charge in [-0.1, -0.05) is 20.8 Å². The maximum absolute atomic E-state index is 6.19. The van der Waals surface area contributed by atoms with E-state index in [0.29, 0.717) is 5.92 Å². The normalized spacial score (nSPS) is 35.9. The average molecular weight is 240 g/mol. The van der Waals surface area contributed by atoms with E-state index in [0.717, 1.165) is 18.3 Å². The Morgan fingerprint density at radius 2 is 1.69 bits per heavy atom. The maximum Gasteiger partial charge on any atom is 0.241 e. The zero-order valence-electron chi connectivity index (χ0n) is 11.8. The van der Waals surface area contributed by atoms with Crippen LogP contribution in [-0.4, -0.2) is 8.32 Å². The monoisotopic (exact) mass is 240 g/mol. The molecule has 0 radical (unpaired) electrons. The molecule has 1 rings (SSSR count). The van der Waals surface area contributed by atoms with Gasteiger partial charge >= 0.3 is 0 Å². The van der Waals surface area contributed by atoms with E-state index in [9.17, 15) is 0 Å². The minimum Gasteiger partial charge on any atom is -0.548 e. The van der Waals surface area contributed by atoms with Crippen molar-refractivity contribution in [2.75, 3.05) is 0 Å². The zero-order chi connectivity index (χ0) is 12.3. The topological polar surface area (TPSA) is 9.23 Å². The first-order chi connectivity index (χ1) is 7.26. The van der Waals surface area contributed by atoms with Crippen molar-refractivity contribution in [3.8, 4) is 0 Å². The van der Waals surface area contributed by atoms with Gasteiger partial charge in [0.25, 0.3) is 0 Å². The molecule has 94 valence electrons. The Hall–Kier alpha value is -0.243. The lowest BCUT2D eigenvalue weighted by Gasteiger charge is -2.29. The smallest absolute Gasteiger partial charge is 0.241 e. The molecule has 0 N–H and O–H groups in total. The number of allylic oxidation sites excluding steroid dienone is 2. The molecule has 0 aromatic carbocycles. The van der Waals surface area contributed by atoms with Crippen molar-refractivity contribution in [3.63, 3.8) is 0 Å². The van der Waals surface area contributed by atoms with Crippen LogP contribution in [-0.2, 0) is 4.43 Å². The molecule has 0 spiro atoms. The van der Waals surface area contributed by atoms with E-state index in [1.807, 2.05) is 0 Å². The minimum atomic E-state index is -1.43. The first kappa shape index (κ1) is 13.8. The second kappa shape index (κ2) is 5.39. The fourth-order valence-electron chi connectivity index (χ4n) is 2.77. The molecule has 16 heavy (non-hydrogen) atoms. The fourth-order valence-corrected chi connectivity index (χ4v) is 3.70. The van der Waals surface area contributed by atoms with Gasteiger partial charge in [0.1, 0.15) is 0 Å². The zero-order valence-corrected chi connectivity index (χ0v) is 12.8. The minimum absolute atomic E-state index is 0.675. The van der Waals surface area contributed by atoms with E-state index in [2.05, 4.69) is 46.5 Å². The summed E-state index contributed by atoms with van der Waals surface area (Å²) in [4.78, 5) is 0. The van der Waals surface area contributed by atoms with Crippen LogP contribution in [0, 0.1) is 17.8 Å². The van der Waals surface area contributed by atoms with Gasteiger partial charge in [0.05, 0.1) is 5.76 Å². The lowest BCUT2D eigenvalue weighted by atomic mass is 9.85. The van der Waals surface area contributed by atoms with Crippen molar-refractivity contribution in [1.82, 2.24) is 0 Å². The molecule has 1 aliphatic carbocycles. The molecule has 0 bridgehead atoms. The number of hydrogen-bond acceptors (Lipinski definition) is 1. The van der Waals surface area contributed by atoms with Gasteiger partial charge in [-0.3, -0.25) is 0 Å². The summed E-state index contributed by atoms with van der Waals surface area (Å²) in [6, 6.07) is 0. The van der Waals surface area contributed by atoms with Crippen LogP contribution in [0.25, 0.3) is 0 Å². The molecule has 0 aliphatic heterocycles. The van der Waals surface area contributed by atoms with E-state index in [-0.39, 0.29) is 0 Å². The molecular weight excluding hydrogens is 212 g/mol. The van der Waals surface area contributed by atoms with Gasteiger partial charge in [0.15, 0.2) is 0 Å². The second-order valence-corrected chi connectivity index (χ2v) is 11.1. The lowest BCUT2D eigenvalue weighted by molar-refractivity contribution is 0.298. The number of rotatable bonds is 2. The third-order valence-corrected chi connectivity index (χ3v) is 3.91. The molecule has 0 unspecified atom stereocenters. The summed E-state index contributed by atoms with van der Waals surface area (Å²) < 4.78 is 6.19. The highest BCUT2D eigenvalue weighted by molar-refractivity contribution is 6.70. The van der Waals surface area contributed by atoms with Gasteiger partial charge in [-0.2, -0.15) is 0 Å².